The van der Waals surface area contributed by atoms with Crippen molar-refractivity contribution in [2.24, 2.45) is 0 Å². The van der Waals surface area contributed by atoms with Gasteiger partial charge in [0.25, 0.3) is 5.91 Å². The molecule has 0 unspecified atom stereocenters. The minimum atomic E-state index is 0.00533. The van der Waals surface area contributed by atoms with Crippen LogP contribution >= 0.6 is 0 Å². The van der Waals surface area contributed by atoms with Crippen molar-refractivity contribution in [1.82, 2.24) is 5.06 Å². The summed E-state index contributed by atoms with van der Waals surface area (Å²) in [5.41, 5.74) is 0.944. The first-order valence-corrected chi connectivity index (χ1v) is 5.36. The van der Waals surface area contributed by atoms with Crippen LogP contribution in [0.25, 0.3) is 0 Å². The van der Waals surface area contributed by atoms with Gasteiger partial charge in [-0.1, -0.05) is 12.1 Å². The second-order valence-electron chi connectivity index (χ2n) is 3.71. The summed E-state index contributed by atoms with van der Waals surface area (Å²) in [5.74, 6) is 0.776. The van der Waals surface area contributed by atoms with Gasteiger partial charge in [-0.2, -0.15) is 0 Å². The predicted octanol–water partition coefficient (Wildman–Crippen LogP) is 1.40. The van der Waals surface area contributed by atoms with E-state index in [1.165, 1.54) is 5.06 Å². The van der Waals surface area contributed by atoms with Gasteiger partial charge in [-0.15, -0.1) is 0 Å². The highest BCUT2D eigenvalue weighted by atomic mass is 16.7. The van der Waals surface area contributed by atoms with Gasteiger partial charge < -0.3 is 4.74 Å². The molecule has 1 saturated heterocycles. The Morgan fingerprint density at radius 3 is 3.12 bits per heavy atom. The van der Waals surface area contributed by atoms with Crippen LogP contribution in [0.1, 0.15) is 12.0 Å². The minimum Gasteiger partial charge on any atom is -0.497 e. The molecule has 1 fully saturated rings. The Hall–Kier alpha value is -1.55. The Labute approximate surface area is 94.7 Å². The molecule has 1 amide bonds. The molecule has 0 spiro atoms. The molecule has 0 saturated carbocycles. The van der Waals surface area contributed by atoms with Crippen molar-refractivity contribution in [3.8, 4) is 5.75 Å². The number of hydrogen-bond donors (Lipinski definition) is 0. The average Bonchev–Trinajstić information content (AvgIpc) is 2.83. The number of carbonyl (C=O) groups excluding carboxylic acids is 1. The van der Waals surface area contributed by atoms with Gasteiger partial charge in [0.15, 0.2) is 0 Å². The lowest BCUT2D eigenvalue weighted by atomic mass is 10.1. The van der Waals surface area contributed by atoms with Crippen molar-refractivity contribution >= 4 is 5.91 Å². The smallest absolute Gasteiger partial charge is 0.250 e. The molecule has 1 heterocycles. The summed E-state index contributed by atoms with van der Waals surface area (Å²) in [6.07, 6.45) is 1.28. The van der Waals surface area contributed by atoms with Gasteiger partial charge in [-0.25, -0.2) is 5.06 Å². The maximum absolute atomic E-state index is 11.8. The van der Waals surface area contributed by atoms with Crippen LogP contribution in [-0.2, 0) is 16.1 Å². The highest BCUT2D eigenvalue weighted by Gasteiger charge is 2.19. The zero-order valence-corrected chi connectivity index (χ0v) is 9.31. The highest BCUT2D eigenvalue weighted by molar-refractivity contribution is 5.78. The zero-order chi connectivity index (χ0) is 11.4. The van der Waals surface area contributed by atoms with E-state index in [1.807, 2.05) is 24.3 Å². The highest BCUT2D eigenvalue weighted by Crippen LogP contribution is 2.14. The molecule has 16 heavy (non-hydrogen) atoms. The quantitative estimate of drug-likeness (QED) is 0.774. The van der Waals surface area contributed by atoms with Crippen LogP contribution in [0.2, 0.25) is 0 Å². The molecule has 2 rings (SSSR count). The first-order chi connectivity index (χ1) is 7.79. The van der Waals surface area contributed by atoms with Crippen LogP contribution in [0, 0.1) is 0 Å². The minimum absolute atomic E-state index is 0.00533. The molecule has 0 bridgehead atoms. The van der Waals surface area contributed by atoms with Gasteiger partial charge in [-0.3, -0.25) is 9.63 Å². The van der Waals surface area contributed by atoms with Crippen molar-refractivity contribution in [2.45, 2.75) is 12.8 Å². The fourth-order valence-electron chi connectivity index (χ4n) is 1.69. The van der Waals surface area contributed by atoms with E-state index < -0.39 is 0 Å². The van der Waals surface area contributed by atoms with Crippen LogP contribution in [0.5, 0.6) is 5.75 Å². The van der Waals surface area contributed by atoms with Crippen molar-refractivity contribution in [3.05, 3.63) is 29.8 Å². The number of benzene rings is 1. The van der Waals surface area contributed by atoms with Gasteiger partial charge in [0, 0.05) is 0 Å². The zero-order valence-electron chi connectivity index (χ0n) is 9.31. The Bertz CT molecular complexity index is 372. The second-order valence-corrected chi connectivity index (χ2v) is 3.71. The molecule has 4 heteroatoms. The Balaban J connectivity index is 1.99. The fourth-order valence-corrected chi connectivity index (χ4v) is 1.69. The number of hydrogen-bond acceptors (Lipinski definition) is 3. The van der Waals surface area contributed by atoms with Crippen molar-refractivity contribution < 1.29 is 14.4 Å². The van der Waals surface area contributed by atoms with Gasteiger partial charge in [0.1, 0.15) is 5.75 Å². The van der Waals surface area contributed by atoms with Crippen LogP contribution in [0.15, 0.2) is 24.3 Å². The largest absolute Gasteiger partial charge is 0.497 e. The average molecular weight is 221 g/mol. The maximum atomic E-state index is 11.8. The van der Waals surface area contributed by atoms with E-state index >= 15 is 0 Å². The lowest BCUT2D eigenvalue weighted by molar-refractivity contribution is -0.167. The molecule has 1 aliphatic rings. The molecular formula is C12H15NO3. The number of ether oxygens (including phenoxy) is 1. The SMILES string of the molecule is COc1cccc(CC(=O)N2CCCO2)c1. The standard InChI is InChI=1S/C12H15NO3/c1-15-11-5-2-4-10(8-11)9-12(14)13-6-3-7-16-13/h2,4-5,8H,3,6-7,9H2,1H3. The molecule has 0 N–H and O–H groups in total. The van der Waals surface area contributed by atoms with E-state index in [0.29, 0.717) is 19.6 Å². The summed E-state index contributed by atoms with van der Waals surface area (Å²) in [6, 6.07) is 7.52. The van der Waals surface area contributed by atoms with Crippen LogP contribution in [0.3, 0.4) is 0 Å². The third kappa shape index (κ3) is 2.52. The molecule has 1 aliphatic heterocycles. The molecule has 1 aromatic rings. The van der Waals surface area contributed by atoms with E-state index in [-0.39, 0.29) is 5.91 Å². The number of methoxy groups -OCH3 is 1. The van der Waals surface area contributed by atoms with Crippen molar-refractivity contribution in [2.75, 3.05) is 20.3 Å². The van der Waals surface area contributed by atoms with Gasteiger partial charge in [0.2, 0.25) is 0 Å². The summed E-state index contributed by atoms with van der Waals surface area (Å²) >= 11 is 0. The van der Waals surface area contributed by atoms with E-state index in [2.05, 4.69) is 0 Å². The number of nitrogens with zero attached hydrogens (tertiary/aromatic N) is 1. The molecule has 1 aromatic carbocycles. The number of hydroxylamine groups is 2. The molecule has 86 valence electrons. The van der Waals surface area contributed by atoms with Gasteiger partial charge in [0.05, 0.1) is 26.7 Å². The van der Waals surface area contributed by atoms with E-state index in [4.69, 9.17) is 9.57 Å². The summed E-state index contributed by atoms with van der Waals surface area (Å²) in [5, 5.41) is 1.44. The summed E-state index contributed by atoms with van der Waals surface area (Å²) < 4.78 is 5.11. The van der Waals surface area contributed by atoms with Gasteiger partial charge >= 0.3 is 0 Å². The monoisotopic (exact) mass is 221 g/mol. The van der Waals surface area contributed by atoms with E-state index in [0.717, 1.165) is 17.7 Å². The third-order valence-corrected chi connectivity index (χ3v) is 2.52. The Morgan fingerprint density at radius 1 is 1.56 bits per heavy atom. The molecule has 4 nitrogen and oxygen atoms in total. The van der Waals surface area contributed by atoms with Crippen LogP contribution in [0.4, 0.5) is 0 Å². The maximum Gasteiger partial charge on any atom is 0.250 e. The third-order valence-electron chi connectivity index (χ3n) is 2.52. The summed E-state index contributed by atoms with van der Waals surface area (Å²) in [6.45, 7) is 1.34. The fraction of sp³-hybridized carbons (Fsp3) is 0.417. The van der Waals surface area contributed by atoms with Crippen molar-refractivity contribution in [3.63, 3.8) is 0 Å². The number of amides is 1. The lowest BCUT2D eigenvalue weighted by Gasteiger charge is -2.13. The molecule has 0 aromatic heterocycles. The summed E-state index contributed by atoms with van der Waals surface area (Å²) in [7, 11) is 1.62. The molecule has 0 aliphatic carbocycles. The summed E-state index contributed by atoms with van der Waals surface area (Å²) in [4.78, 5) is 17.0. The number of rotatable bonds is 3. The Kier molecular flexibility index (Phi) is 3.41. The van der Waals surface area contributed by atoms with Crippen LogP contribution in [-0.4, -0.2) is 31.2 Å². The molecular weight excluding hydrogens is 206 g/mol. The predicted molar refractivity (Wildman–Crippen MR) is 59.0 cm³/mol. The molecule has 0 atom stereocenters. The van der Waals surface area contributed by atoms with Crippen LogP contribution < -0.4 is 4.74 Å². The van der Waals surface area contributed by atoms with Crippen molar-refractivity contribution in [1.29, 1.82) is 0 Å². The lowest BCUT2D eigenvalue weighted by Crippen LogP contribution is -2.27. The first kappa shape index (κ1) is 11.0. The molecule has 0 radical (unpaired) electrons. The number of carbonyl (C=O) groups is 1. The normalized spacial score (nSPS) is 15.2. The first-order valence-electron chi connectivity index (χ1n) is 5.36. The van der Waals surface area contributed by atoms with E-state index in [9.17, 15) is 4.79 Å². The second kappa shape index (κ2) is 4.99. The van der Waals surface area contributed by atoms with Gasteiger partial charge in [-0.05, 0) is 24.1 Å². The Morgan fingerprint density at radius 2 is 2.44 bits per heavy atom. The van der Waals surface area contributed by atoms with E-state index in [1.54, 1.807) is 7.11 Å². The topological polar surface area (TPSA) is 38.8 Å².